The van der Waals surface area contributed by atoms with Gasteiger partial charge in [0.1, 0.15) is 5.54 Å². The molecule has 7 heteroatoms. The molecule has 19 heavy (non-hydrogen) atoms. The van der Waals surface area contributed by atoms with E-state index in [2.05, 4.69) is 10.6 Å². The Morgan fingerprint density at radius 3 is 2.37 bits per heavy atom. The van der Waals surface area contributed by atoms with Gasteiger partial charge in [-0.2, -0.15) is 0 Å². The molecule has 112 valence electrons. The molecular formula is C12H23ClN2O4. The van der Waals surface area contributed by atoms with Gasteiger partial charge in [0, 0.05) is 13.7 Å². The van der Waals surface area contributed by atoms with Crippen LogP contribution in [0.2, 0.25) is 0 Å². The molecule has 1 amide bonds. The van der Waals surface area contributed by atoms with E-state index in [4.69, 9.17) is 9.47 Å². The Hall–Kier alpha value is -0.850. The number of hydrogen-bond acceptors (Lipinski definition) is 5. The van der Waals surface area contributed by atoms with Gasteiger partial charge in [-0.05, 0) is 12.8 Å². The van der Waals surface area contributed by atoms with Crippen LogP contribution in [0.15, 0.2) is 0 Å². The fraction of sp³-hybridized carbons (Fsp3) is 0.833. The van der Waals surface area contributed by atoms with E-state index in [1.807, 2.05) is 0 Å². The Labute approximate surface area is 120 Å². The molecule has 0 saturated heterocycles. The zero-order valence-corrected chi connectivity index (χ0v) is 12.3. The van der Waals surface area contributed by atoms with Crippen molar-refractivity contribution in [3.63, 3.8) is 0 Å². The third kappa shape index (κ3) is 5.34. The molecule has 0 aromatic heterocycles. The maximum Gasteiger partial charge on any atom is 0.331 e. The summed E-state index contributed by atoms with van der Waals surface area (Å²) in [6, 6.07) is 0. The molecule has 0 atom stereocenters. The second-order valence-corrected chi connectivity index (χ2v) is 4.50. The van der Waals surface area contributed by atoms with Crippen LogP contribution in [0.25, 0.3) is 0 Å². The smallest absolute Gasteiger partial charge is 0.331 e. The zero-order valence-electron chi connectivity index (χ0n) is 11.5. The van der Waals surface area contributed by atoms with Crippen molar-refractivity contribution in [3.8, 4) is 0 Å². The summed E-state index contributed by atoms with van der Waals surface area (Å²) in [5.74, 6) is -0.524. The van der Waals surface area contributed by atoms with Gasteiger partial charge in [-0.15, -0.1) is 12.4 Å². The highest BCUT2D eigenvalue weighted by atomic mass is 35.5. The highest BCUT2D eigenvalue weighted by molar-refractivity contribution is 5.89. The van der Waals surface area contributed by atoms with Crippen LogP contribution in [0.4, 0.5) is 0 Å². The molecule has 0 bridgehead atoms. The molecule has 0 spiro atoms. The molecule has 1 rings (SSSR count). The van der Waals surface area contributed by atoms with E-state index in [-0.39, 0.29) is 30.8 Å². The molecule has 0 unspecified atom stereocenters. The van der Waals surface area contributed by atoms with Crippen molar-refractivity contribution in [1.29, 1.82) is 0 Å². The molecular weight excluding hydrogens is 272 g/mol. The molecule has 1 aliphatic rings. The van der Waals surface area contributed by atoms with E-state index >= 15 is 0 Å². The van der Waals surface area contributed by atoms with Gasteiger partial charge in [0.25, 0.3) is 0 Å². The predicted molar refractivity (Wildman–Crippen MR) is 73.4 cm³/mol. The number of nitrogens with one attached hydrogen (secondary N) is 2. The summed E-state index contributed by atoms with van der Waals surface area (Å²) in [6.07, 6.45) is 3.19. The average molecular weight is 295 g/mol. The lowest BCUT2D eigenvalue weighted by Gasteiger charge is -2.27. The summed E-state index contributed by atoms with van der Waals surface area (Å²) in [5.41, 5.74) is -0.811. The number of ether oxygens (including phenoxy) is 2. The first-order chi connectivity index (χ1) is 8.64. The van der Waals surface area contributed by atoms with E-state index in [1.54, 1.807) is 7.11 Å². The number of carbonyl (C=O) groups is 2. The number of methoxy groups -OCH3 is 2. The zero-order chi connectivity index (χ0) is 13.4. The van der Waals surface area contributed by atoms with Crippen LogP contribution in [0.1, 0.15) is 25.7 Å². The summed E-state index contributed by atoms with van der Waals surface area (Å²) in [5, 5.41) is 5.75. The van der Waals surface area contributed by atoms with E-state index < -0.39 is 5.54 Å². The van der Waals surface area contributed by atoms with Crippen LogP contribution in [-0.4, -0.2) is 51.3 Å². The number of rotatable bonds is 7. The lowest BCUT2D eigenvalue weighted by Crippen LogP contribution is -2.55. The van der Waals surface area contributed by atoms with Gasteiger partial charge in [-0.3, -0.25) is 4.79 Å². The van der Waals surface area contributed by atoms with Crippen molar-refractivity contribution in [2.75, 3.05) is 33.9 Å². The molecule has 0 aromatic carbocycles. The third-order valence-corrected chi connectivity index (χ3v) is 3.18. The lowest BCUT2D eigenvalue weighted by molar-refractivity contribution is -0.150. The second kappa shape index (κ2) is 9.12. The Morgan fingerprint density at radius 1 is 1.21 bits per heavy atom. The quantitative estimate of drug-likeness (QED) is 0.520. The Bertz CT molecular complexity index is 293. The van der Waals surface area contributed by atoms with Crippen LogP contribution in [0, 0.1) is 0 Å². The molecule has 0 radical (unpaired) electrons. The Balaban J connectivity index is 0.00000324. The minimum Gasteiger partial charge on any atom is -0.467 e. The largest absolute Gasteiger partial charge is 0.467 e. The minimum absolute atomic E-state index is 0. The van der Waals surface area contributed by atoms with Gasteiger partial charge < -0.3 is 20.1 Å². The standard InChI is InChI=1S/C12H22N2O4.ClH/c1-17-8-7-13-9-10(15)14-12(11(16)18-2)5-3-4-6-12;/h13H,3-9H2,1-2H3,(H,14,15);1H. The maximum atomic E-state index is 11.8. The summed E-state index contributed by atoms with van der Waals surface area (Å²) in [7, 11) is 2.96. The van der Waals surface area contributed by atoms with Crippen LogP contribution < -0.4 is 10.6 Å². The van der Waals surface area contributed by atoms with Crippen molar-refractivity contribution in [2.24, 2.45) is 0 Å². The van der Waals surface area contributed by atoms with Crippen LogP contribution in [0.5, 0.6) is 0 Å². The van der Waals surface area contributed by atoms with E-state index in [0.29, 0.717) is 26.0 Å². The average Bonchev–Trinajstić information content (AvgIpc) is 2.83. The molecule has 0 aromatic rings. The van der Waals surface area contributed by atoms with Crippen LogP contribution in [0.3, 0.4) is 0 Å². The molecule has 0 aliphatic heterocycles. The predicted octanol–water partition coefficient (Wildman–Crippen LogP) is 0.246. The van der Waals surface area contributed by atoms with Gasteiger partial charge in [-0.25, -0.2) is 4.79 Å². The van der Waals surface area contributed by atoms with Gasteiger partial charge in [0.2, 0.25) is 5.91 Å². The van der Waals surface area contributed by atoms with E-state index in [0.717, 1.165) is 12.8 Å². The van der Waals surface area contributed by atoms with Gasteiger partial charge in [0.05, 0.1) is 20.3 Å². The lowest BCUT2D eigenvalue weighted by atomic mass is 9.98. The molecule has 1 aliphatic carbocycles. The summed E-state index contributed by atoms with van der Waals surface area (Å²) < 4.78 is 9.65. The minimum atomic E-state index is -0.811. The van der Waals surface area contributed by atoms with Crippen LogP contribution >= 0.6 is 12.4 Å². The van der Waals surface area contributed by atoms with Crippen molar-refractivity contribution < 1.29 is 19.1 Å². The Morgan fingerprint density at radius 2 is 1.84 bits per heavy atom. The number of halogens is 1. The second-order valence-electron chi connectivity index (χ2n) is 4.50. The fourth-order valence-corrected chi connectivity index (χ4v) is 2.24. The monoisotopic (exact) mass is 294 g/mol. The van der Waals surface area contributed by atoms with Crippen molar-refractivity contribution >= 4 is 24.3 Å². The van der Waals surface area contributed by atoms with Crippen molar-refractivity contribution in [2.45, 2.75) is 31.2 Å². The highest BCUT2D eigenvalue weighted by Crippen LogP contribution is 2.30. The fourth-order valence-electron chi connectivity index (χ4n) is 2.24. The van der Waals surface area contributed by atoms with Crippen molar-refractivity contribution in [3.05, 3.63) is 0 Å². The van der Waals surface area contributed by atoms with Gasteiger partial charge in [-0.1, -0.05) is 12.8 Å². The summed E-state index contributed by atoms with van der Waals surface area (Å²) in [4.78, 5) is 23.5. The first-order valence-corrected chi connectivity index (χ1v) is 6.24. The topological polar surface area (TPSA) is 76.7 Å². The number of esters is 1. The van der Waals surface area contributed by atoms with Gasteiger partial charge >= 0.3 is 5.97 Å². The number of amides is 1. The van der Waals surface area contributed by atoms with E-state index in [9.17, 15) is 9.59 Å². The third-order valence-electron chi connectivity index (χ3n) is 3.18. The number of hydrogen-bond donors (Lipinski definition) is 2. The first-order valence-electron chi connectivity index (χ1n) is 6.24. The molecule has 2 N–H and O–H groups in total. The Kier molecular flexibility index (Phi) is 8.71. The molecule has 0 heterocycles. The number of carbonyl (C=O) groups excluding carboxylic acids is 2. The normalized spacial score (nSPS) is 16.5. The molecule has 1 fully saturated rings. The van der Waals surface area contributed by atoms with Crippen molar-refractivity contribution in [1.82, 2.24) is 10.6 Å². The first kappa shape index (κ1) is 18.1. The van der Waals surface area contributed by atoms with Crippen LogP contribution in [-0.2, 0) is 19.1 Å². The van der Waals surface area contributed by atoms with Gasteiger partial charge in [0.15, 0.2) is 0 Å². The summed E-state index contributed by atoms with van der Waals surface area (Å²) in [6.45, 7) is 1.34. The summed E-state index contributed by atoms with van der Waals surface area (Å²) >= 11 is 0. The maximum absolute atomic E-state index is 11.8. The molecule has 6 nitrogen and oxygen atoms in total. The van der Waals surface area contributed by atoms with E-state index in [1.165, 1.54) is 7.11 Å². The SMILES string of the molecule is COCCNCC(=O)NC1(C(=O)OC)CCCC1.Cl. The highest BCUT2D eigenvalue weighted by Gasteiger charge is 2.43. The molecule has 1 saturated carbocycles.